The molecule has 0 atom stereocenters. The average molecular weight is 458 g/mol. The van der Waals surface area contributed by atoms with Gasteiger partial charge in [0, 0.05) is 19.8 Å². The van der Waals surface area contributed by atoms with E-state index in [4.69, 9.17) is 4.98 Å². The van der Waals surface area contributed by atoms with Gasteiger partial charge >= 0.3 is 0 Å². The second-order valence-corrected chi connectivity index (χ2v) is 8.97. The highest BCUT2D eigenvalue weighted by atomic mass is 32.2. The van der Waals surface area contributed by atoms with E-state index in [-0.39, 0.29) is 11.7 Å². The summed E-state index contributed by atoms with van der Waals surface area (Å²) in [6, 6.07) is 24.5. The average Bonchev–Trinajstić information content (AvgIpc) is 3.17. The number of anilines is 1. The normalized spacial score (nSPS) is 11.2. The maximum absolute atomic E-state index is 12.4. The van der Waals surface area contributed by atoms with Gasteiger partial charge in [-0.2, -0.15) is 5.10 Å². The van der Waals surface area contributed by atoms with Gasteiger partial charge in [0.15, 0.2) is 5.16 Å². The van der Waals surface area contributed by atoms with E-state index < -0.39 is 0 Å². The highest BCUT2D eigenvalue weighted by Crippen LogP contribution is 2.25. The fourth-order valence-corrected chi connectivity index (χ4v) is 4.20. The van der Waals surface area contributed by atoms with Crippen LogP contribution >= 0.6 is 11.8 Å². The lowest BCUT2D eigenvalue weighted by Crippen LogP contribution is -2.20. The number of hydrazone groups is 1. The van der Waals surface area contributed by atoms with Crippen LogP contribution in [0, 0.1) is 6.92 Å². The Morgan fingerprint density at radius 3 is 2.52 bits per heavy atom. The van der Waals surface area contributed by atoms with Crippen molar-refractivity contribution >= 4 is 40.6 Å². The predicted molar refractivity (Wildman–Crippen MR) is 137 cm³/mol. The van der Waals surface area contributed by atoms with E-state index in [1.165, 1.54) is 22.9 Å². The zero-order valence-corrected chi connectivity index (χ0v) is 19.8. The quantitative estimate of drug-likeness (QED) is 0.237. The lowest BCUT2D eigenvalue weighted by atomic mass is 10.1. The standard InChI is InChI=1S/C26H27N5OS/c1-19-8-10-21(11-9-19)17-31-24-7-5-4-6-23(24)28-26(31)33-18-25(32)29-27-16-20-12-14-22(15-13-20)30(2)3/h4-16H,17-18H2,1-3H3,(H,29,32)/b27-16+. The minimum absolute atomic E-state index is 0.171. The summed E-state index contributed by atoms with van der Waals surface area (Å²) in [5.41, 5.74) is 9.05. The smallest absolute Gasteiger partial charge is 0.250 e. The molecule has 1 amide bonds. The molecule has 6 nitrogen and oxygen atoms in total. The number of hydrogen-bond acceptors (Lipinski definition) is 5. The minimum atomic E-state index is -0.171. The first-order valence-electron chi connectivity index (χ1n) is 10.7. The van der Waals surface area contributed by atoms with Gasteiger partial charge in [-0.1, -0.05) is 65.9 Å². The van der Waals surface area contributed by atoms with Crippen molar-refractivity contribution in [1.29, 1.82) is 0 Å². The molecule has 1 N–H and O–H groups in total. The molecular weight excluding hydrogens is 430 g/mol. The molecule has 0 fully saturated rings. The Labute approximate surface area is 198 Å². The molecule has 3 aromatic carbocycles. The molecular formula is C26H27N5OS. The van der Waals surface area contributed by atoms with E-state index in [2.05, 4.69) is 52.3 Å². The molecule has 168 valence electrons. The summed E-state index contributed by atoms with van der Waals surface area (Å²) in [6.07, 6.45) is 1.65. The van der Waals surface area contributed by atoms with Crippen molar-refractivity contribution in [2.45, 2.75) is 18.6 Å². The third-order valence-corrected chi connectivity index (χ3v) is 6.20. The lowest BCUT2D eigenvalue weighted by molar-refractivity contribution is -0.118. The van der Waals surface area contributed by atoms with E-state index in [1.54, 1.807) is 6.21 Å². The maximum atomic E-state index is 12.4. The summed E-state index contributed by atoms with van der Waals surface area (Å²) in [7, 11) is 3.99. The summed E-state index contributed by atoms with van der Waals surface area (Å²) in [5.74, 6) is 0.0591. The van der Waals surface area contributed by atoms with Crippen molar-refractivity contribution in [3.8, 4) is 0 Å². The monoisotopic (exact) mass is 457 g/mol. The minimum Gasteiger partial charge on any atom is -0.378 e. The SMILES string of the molecule is Cc1ccc(Cn2c(SCC(=O)N/N=C/c3ccc(N(C)C)cc3)nc3ccccc32)cc1. The van der Waals surface area contributed by atoms with Gasteiger partial charge in [0.05, 0.1) is 29.5 Å². The predicted octanol–water partition coefficient (Wildman–Crippen LogP) is 4.70. The zero-order valence-electron chi connectivity index (χ0n) is 19.0. The number of amides is 1. The Morgan fingerprint density at radius 2 is 1.79 bits per heavy atom. The number of nitrogens with one attached hydrogen (secondary N) is 1. The van der Waals surface area contributed by atoms with Crippen molar-refractivity contribution in [3.05, 3.63) is 89.5 Å². The Kier molecular flexibility index (Phi) is 7.10. The number of imidazole rings is 1. The van der Waals surface area contributed by atoms with Crippen molar-refractivity contribution in [2.75, 3.05) is 24.7 Å². The number of benzene rings is 3. The summed E-state index contributed by atoms with van der Waals surface area (Å²) in [4.78, 5) is 19.2. The van der Waals surface area contributed by atoms with Crippen LogP contribution in [0.3, 0.4) is 0 Å². The van der Waals surface area contributed by atoms with Crippen LogP contribution in [0.4, 0.5) is 5.69 Å². The van der Waals surface area contributed by atoms with Crippen molar-refractivity contribution < 1.29 is 4.79 Å². The second-order valence-electron chi connectivity index (χ2n) is 8.02. The first-order chi connectivity index (χ1) is 16.0. The summed E-state index contributed by atoms with van der Waals surface area (Å²) in [5, 5.41) is 4.91. The van der Waals surface area contributed by atoms with Crippen LogP contribution in [0.2, 0.25) is 0 Å². The molecule has 0 unspecified atom stereocenters. The van der Waals surface area contributed by atoms with Crippen molar-refractivity contribution in [3.63, 3.8) is 0 Å². The van der Waals surface area contributed by atoms with Crippen LogP contribution in [0.5, 0.6) is 0 Å². The number of aryl methyl sites for hydroxylation is 1. The van der Waals surface area contributed by atoms with Crippen LogP contribution < -0.4 is 10.3 Å². The molecule has 0 aliphatic rings. The van der Waals surface area contributed by atoms with Crippen molar-refractivity contribution in [1.82, 2.24) is 15.0 Å². The molecule has 0 aliphatic carbocycles. The van der Waals surface area contributed by atoms with Gasteiger partial charge in [-0.05, 0) is 42.3 Å². The Balaban J connectivity index is 1.41. The highest BCUT2D eigenvalue weighted by Gasteiger charge is 2.13. The fourth-order valence-electron chi connectivity index (χ4n) is 3.39. The van der Waals surface area contributed by atoms with Crippen LogP contribution in [0.25, 0.3) is 11.0 Å². The first kappa shape index (κ1) is 22.6. The van der Waals surface area contributed by atoms with E-state index in [0.29, 0.717) is 6.54 Å². The van der Waals surface area contributed by atoms with Crippen LogP contribution in [-0.2, 0) is 11.3 Å². The van der Waals surface area contributed by atoms with E-state index in [1.807, 2.05) is 61.5 Å². The number of fused-ring (bicyclic) bond motifs is 1. The fraction of sp³-hybridized carbons (Fsp3) is 0.192. The molecule has 0 saturated heterocycles. The lowest BCUT2D eigenvalue weighted by Gasteiger charge is -2.11. The van der Waals surface area contributed by atoms with Crippen molar-refractivity contribution in [2.24, 2.45) is 5.10 Å². The van der Waals surface area contributed by atoms with Gasteiger partial charge in [-0.3, -0.25) is 4.79 Å². The highest BCUT2D eigenvalue weighted by molar-refractivity contribution is 7.99. The van der Waals surface area contributed by atoms with E-state index >= 15 is 0 Å². The second kappa shape index (κ2) is 10.4. The van der Waals surface area contributed by atoms with Crippen LogP contribution in [-0.4, -0.2) is 41.5 Å². The van der Waals surface area contributed by atoms with E-state index in [0.717, 1.165) is 27.4 Å². The largest absolute Gasteiger partial charge is 0.378 e. The molecule has 0 aliphatic heterocycles. The first-order valence-corrected chi connectivity index (χ1v) is 11.7. The zero-order chi connectivity index (χ0) is 23.2. The number of nitrogens with zero attached hydrogens (tertiary/aromatic N) is 4. The maximum Gasteiger partial charge on any atom is 0.250 e. The molecule has 4 rings (SSSR count). The van der Waals surface area contributed by atoms with Crippen LogP contribution in [0.15, 0.2) is 83.1 Å². The van der Waals surface area contributed by atoms with Gasteiger partial charge in [0.25, 0.3) is 5.91 Å². The molecule has 0 radical (unpaired) electrons. The van der Waals surface area contributed by atoms with Crippen LogP contribution in [0.1, 0.15) is 16.7 Å². The topological polar surface area (TPSA) is 62.5 Å². The molecule has 1 aromatic heterocycles. The number of carbonyl (C=O) groups is 1. The third kappa shape index (κ3) is 5.81. The molecule has 0 spiro atoms. The van der Waals surface area contributed by atoms with Gasteiger partial charge in [-0.15, -0.1) is 0 Å². The molecule has 7 heteroatoms. The number of rotatable bonds is 8. The molecule has 1 heterocycles. The number of thioether (sulfide) groups is 1. The Bertz CT molecular complexity index is 1260. The Hall–Kier alpha value is -3.58. The Morgan fingerprint density at radius 1 is 1.06 bits per heavy atom. The molecule has 0 bridgehead atoms. The van der Waals surface area contributed by atoms with Gasteiger partial charge in [0.2, 0.25) is 0 Å². The van der Waals surface area contributed by atoms with Gasteiger partial charge in [-0.25, -0.2) is 10.4 Å². The van der Waals surface area contributed by atoms with Gasteiger partial charge in [0.1, 0.15) is 0 Å². The number of aromatic nitrogens is 2. The summed E-state index contributed by atoms with van der Waals surface area (Å²) >= 11 is 1.42. The van der Waals surface area contributed by atoms with E-state index in [9.17, 15) is 4.79 Å². The number of hydrogen-bond donors (Lipinski definition) is 1. The number of carbonyl (C=O) groups excluding carboxylic acids is 1. The molecule has 33 heavy (non-hydrogen) atoms. The van der Waals surface area contributed by atoms with Gasteiger partial charge < -0.3 is 9.47 Å². The third-order valence-electron chi connectivity index (χ3n) is 5.23. The number of para-hydroxylation sites is 2. The summed E-state index contributed by atoms with van der Waals surface area (Å²) in [6.45, 7) is 2.78. The molecule has 0 saturated carbocycles. The summed E-state index contributed by atoms with van der Waals surface area (Å²) < 4.78 is 2.16. The molecule has 4 aromatic rings.